The van der Waals surface area contributed by atoms with Crippen LogP contribution in [0.3, 0.4) is 0 Å². The fourth-order valence-corrected chi connectivity index (χ4v) is 5.02. The van der Waals surface area contributed by atoms with Crippen LogP contribution in [0.2, 0.25) is 6.04 Å². The summed E-state index contributed by atoms with van der Waals surface area (Å²) in [5.41, 5.74) is 0. The molecule has 128 valence electrons. The number of rotatable bonds is 14. The molecule has 0 aliphatic heterocycles. The van der Waals surface area contributed by atoms with Gasteiger partial charge >= 0.3 is 17.9 Å². The third-order valence-electron chi connectivity index (χ3n) is 3.34. The molecule has 0 rings (SSSR count). The second-order valence-electron chi connectivity index (χ2n) is 4.42. The molecule has 0 radical (unpaired) electrons. The highest BCUT2D eigenvalue weighted by Gasteiger charge is 2.42. The fraction of sp³-hybridized carbons (Fsp3) is 1.00. The summed E-state index contributed by atoms with van der Waals surface area (Å²) >= 11 is 0. The van der Waals surface area contributed by atoms with Crippen molar-refractivity contribution in [1.82, 2.24) is 0 Å². The summed E-state index contributed by atoms with van der Waals surface area (Å²) in [5, 5.41) is 0. The van der Waals surface area contributed by atoms with Crippen LogP contribution in [0.4, 0.5) is 0 Å². The van der Waals surface area contributed by atoms with Crippen LogP contribution in [-0.2, 0) is 31.0 Å². The van der Waals surface area contributed by atoms with Crippen molar-refractivity contribution in [3.8, 4) is 0 Å². The van der Waals surface area contributed by atoms with Gasteiger partial charge in [0.2, 0.25) is 0 Å². The molecule has 0 aromatic carbocycles. The quantitative estimate of drug-likeness (QED) is 0.352. The lowest BCUT2D eigenvalue weighted by Gasteiger charge is -2.24. The highest BCUT2D eigenvalue weighted by molar-refractivity contribution is 6.60. The minimum Gasteiger partial charge on any atom is -0.377 e. The van der Waals surface area contributed by atoms with E-state index in [0.29, 0.717) is 6.61 Å². The van der Waals surface area contributed by atoms with Gasteiger partial charge in [0.15, 0.2) is 0 Å². The fourth-order valence-electron chi connectivity index (χ4n) is 1.98. The molecule has 0 bridgehead atoms. The molecule has 0 amide bonds. The Balaban J connectivity index is 3.78. The summed E-state index contributed by atoms with van der Waals surface area (Å²) in [7, 11) is 4.20. The minimum atomic E-state index is -2.89. The molecule has 0 spiro atoms. The van der Waals surface area contributed by atoms with Gasteiger partial charge in [-0.1, -0.05) is 12.8 Å². The Morgan fingerprint density at radius 3 is 1.48 bits per heavy atom. The molecule has 0 aliphatic carbocycles. The van der Waals surface area contributed by atoms with E-state index in [1.54, 1.807) is 21.3 Å². The monoisotopic (exact) mass is 342 g/mol. The average Bonchev–Trinajstić information content (AvgIpc) is 2.55. The van der Waals surface area contributed by atoms with Crippen molar-refractivity contribution in [2.45, 2.75) is 31.7 Å². The van der Waals surface area contributed by atoms with E-state index >= 15 is 0 Å². The molecule has 0 aromatic rings. The lowest BCUT2D eigenvalue weighted by Crippen LogP contribution is -2.46. The van der Waals surface area contributed by atoms with Gasteiger partial charge in [0.05, 0.1) is 0 Å². The Morgan fingerprint density at radius 1 is 0.571 bits per heavy atom. The van der Waals surface area contributed by atoms with Gasteiger partial charge in [-0.3, -0.25) is 0 Å². The van der Waals surface area contributed by atoms with Gasteiger partial charge in [-0.25, -0.2) is 0 Å². The maximum atomic E-state index is 5.60. The summed E-state index contributed by atoms with van der Waals surface area (Å²) in [6.45, 7) is 0.559. The minimum absolute atomic E-state index is 0.559. The molecule has 0 saturated heterocycles. The molecule has 0 N–H and O–H groups in total. The van der Waals surface area contributed by atoms with Crippen LogP contribution in [0.5, 0.6) is 0 Å². The second kappa shape index (κ2) is 11.7. The van der Waals surface area contributed by atoms with Crippen LogP contribution in [0.25, 0.3) is 0 Å². The van der Waals surface area contributed by atoms with Gasteiger partial charge in [0.25, 0.3) is 0 Å². The van der Waals surface area contributed by atoms with E-state index in [-0.39, 0.29) is 0 Å². The molecular weight excluding hydrogens is 312 g/mol. The van der Waals surface area contributed by atoms with Crippen molar-refractivity contribution in [1.29, 1.82) is 0 Å². The van der Waals surface area contributed by atoms with E-state index in [1.807, 2.05) is 0 Å². The van der Waals surface area contributed by atoms with Crippen LogP contribution >= 0.6 is 0 Å². The third-order valence-corrected chi connectivity index (χ3v) is 8.23. The summed E-state index contributed by atoms with van der Waals surface area (Å²) in [6.07, 6.45) is 4.04. The molecule has 0 saturated carbocycles. The zero-order chi connectivity index (χ0) is 16.2. The summed E-state index contributed by atoms with van der Waals surface area (Å²) in [4.78, 5) is 0. The van der Waals surface area contributed by atoms with Gasteiger partial charge in [-0.2, -0.15) is 0 Å². The topological polar surface area (TPSA) is 64.6 Å². The van der Waals surface area contributed by atoms with E-state index < -0.39 is 17.9 Å². The Bertz CT molecular complexity index is 207. The SMILES string of the molecule is CO[Si](CCCCCCO[Si](OC)(OC)OC)(OC)OC. The van der Waals surface area contributed by atoms with E-state index in [4.69, 9.17) is 31.0 Å². The molecule has 0 unspecified atom stereocenters. The predicted octanol–water partition coefficient (Wildman–Crippen LogP) is 1.82. The van der Waals surface area contributed by atoms with Crippen molar-refractivity contribution in [3.63, 3.8) is 0 Å². The zero-order valence-corrected chi connectivity index (χ0v) is 16.1. The van der Waals surface area contributed by atoms with E-state index in [2.05, 4.69) is 0 Å². The first-order valence-electron chi connectivity index (χ1n) is 7.02. The zero-order valence-electron chi connectivity index (χ0n) is 14.1. The highest BCUT2D eigenvalue weighted by atomic mass is 28.4. The molecule has 0 atom stereocenters. The summed E-state index contributed by atoms with van der Waals surface area (Å²) in [5.74, 6) is 0. The molecular formula is C12H30O7Si2. The van der Waals surface area contributed by atoms with Crippen molar-refractivity contribution in [2.24, 2.45) is 0 Å². The second-order valence-corrected chi connectivity index (χ2v) is 10.0. The first-order valence-corrected chi connectivity index (χ1v) is 10.6. The lowest BCUT2D eigenvalue weighted by atomic mass is 10.2. The van der Waals surface area contributed by atoms with Crippen molar-refractivity contribution in [3.05, 3.63) is 0 Å². The first-order chi connectivity index (χ1) is 10.1. The number of hydrogen-bond donors (Lipinski definition) is 0. The molecule has 0 fully saturated rings. The van der Waals surface area contributed by atoms with E-state index in [1.165, 1.54) is 21.3 Å². The van der Waals surface area contributed by atoms with E-state index in [9.17, 15) is 0 Å². The van der Waals surface area contributed by atoms with Crippen molar-refractivity contribution < 1.29 is 31.0 Å². The van der Waals surface area contributed by atoms with Gasteiger partial charge in [-0.05, 0) is 12.8 Å². The average molecular weight is 343 g/mol. The predicted molar refractivity (Wildman–Crippen MR) is 82.8 cm³/mol. The number of hydrogen-bond acceptors (Lipinski definition) is 7. The van der Waals surface area contributed by atoms with Crippen LogP contribution in [0.15, 0.2) is 0 Å². The molecule has 9 heteroatoms. The molecule has 21 heavy (non-hydrogen) atoms. The Labute approximate surface area is 130 Å². The third kappa shape index (κ3) is 7.30. The maximum Gasteiger partial charge on any atom is 0.678 e. The Hall–Kier alpha value is 0.154. The van der Waals surface area contributed by atoms with Crippen molar-refractivity contribution in [2.75, 3.05) is 49.3 Å². The smallest absolute Gasteiger partial charge is 0.377 e. The standard InChI is InChI=1S/C12H30O7Si2/c1-13-20(14-2,15-3)12-10-8-7-9-11-19-21(16-4,17-5)18-6/h7-12H2,1-6H3. The van der Waals surface area contributed by atoms with Gasteiger partial charge < -0.3 is 31.0 Å². The summed E-state index contributed by atoms with van der Waals surface area (Å²) < 4.78 is 37.3. The largest absolute Gasteiger partial charge is 0.678 e. The first kappa shape index (κ1) is 21.2. The van der Waals surface area contributed by atoms with Crippen molar-refractivity contribution >= 4 is 17.9 Å². The van der Waals surface area contributed by atoms with Crippen LogP contribution in [-0.4, -0.2) is 67.1 Å². The molecule has 0 aromatic heterocycles. The highest BCUT2D eigenvalue weighted by Crippen LogP contribution is 2.18. The molecule has 0 aliphatic rings. The van der Waals surface area contributed by atoms with Crippen LogP contribution in [0, 0.1) is 0 Å². The van der Waals surface area contributed by atoms with Crippen LogP contribution < -0.4 is 0 Å². The molecule has 7 nitrogen and oxygen atoms in total. The van der Waals surface area contributed by atoms with Crippen LogP contribution in [0.1, 0.15) is 25.7 Å². The van der Waals surface area contributed by atoms with E-state index in [0.717, 1.165) is 31.7 Å². The summed E-state index contributed by atoms with van der Waals surface area (Å²) in [6, 6.07) is 0.824. The normalized spacial score (nSPS) is 12.9. The van der Waals surface area contributed by atoms with Gasteiger partial charge in [0.1, 0.15) is 0 Å². The Kier molecular flexibility index (Phi) is 11.8. The number of unbranched alkanes of at least 4 members (excludes halogenated alkanes) is 3. The van der Waals surface area contributed by atoms with Gasteiger partial charge in [0, 0.05) is 55.3 Å². The Morgan fingerprint density at radius 2 is 1.05 bits per heavy atom. The van der Waals surface area contributed by atoms with Gasteiger partial charge in [-0.15, -0.1) is 0 Å². The lowest BCUT2D eigenvalue weighted by molar-refractivity contribution is 0.00505. The maximum absolute atomic E-state index is 5.60. The molecule has 0 heterocycles.